The molecule has 1 atom stereocenters. The van der Waals surface area contributed by atoms with E-state index in [1.54, 1.807) is 4.90 Å². The van der Waals surface area contributed by atoms with E-state index in [1.165, 1.54) is 18.1 Å². The zero-order valence-electron chi connectivity index (χ0n) is 18.8. The van der Waals surface area contributed by atoms with E-state index in [2.05, 4.69) is 30.5 Å². The molecule has 13 heteroatoms. The Kier molecular flexibility index (Phi) is 7.00. The summed E-state index contributed by atoms with van der Waals surface area (Å²) in [5.41, 5.74) is 7.33. The molecular formula is C22H25BrN6O5S. The Hall–Kier alpha value is -2.61. The zero-order valence-corrected chi connectivity index (χ0v) is 21.2. The van der Waals surface area contributed by atoms with Crippen molar-refractivity contribution in [2.45, 2.75) is 42.0 Å². The maximum Gasteiger partial charge on any atom is 0.253 e. The number of carbonyl (C=O) groups excluding carboxylic acids is 1. The van der Waals surface area contributed by atoms with Crippen LogP contribution in [0.5, 0.6) is 11.5 Å². The number of rotatable bonds is 7. The molecule has 35 heavy (non-hydrogen) atoms. The summed E-state index contributed by atoms with van der Waals surface area (Å²) in [7, 11) is 0. The van der Waals surface area contributed by atoms with Crippen LogP contribution in [0.4, 0.5) is 5.82 Å². The van der Waals surface area contributed by atoms with Crippen molar-refractivity contribution in [2.24, 2.45) is 5.92 Å². The molecule has 1 saturated heterocycles. The van der Waals surface area contributed by atoms with E-state index in [0.717, 1.165) is 33.8 Å². The lowest BCUT2D eigenvalue weighted by molar-refractivity contribution is -0.143. The van der Waals surface area contributed by atoms with Crippen LogP contribution in [0.1, 0.15) is 19.3 Å². The van der Waals surface area contributed by atoms with E-state index >= 15 is 0 Å². The number of aromatic nitrogens is 4. The molecule has 1 fully saturated rings. The van der Waals surface area contributed by atoms with Crippen molar-refractivity contribution in [3.8, 4) is 11.5 Å². The molecule has 1 amide bonds. The summed E-state index contributed by atoms with van der Waals surface area (Å²) in [5, 5.41) is 19.4. The first kappa shape index (κ1) is 24.1. The highest BCUT2D eigenvalue weighted by atomic mass is 79.9. The van der Waals surface area contributed by atoms with E-state index in [0.29, 0.717) is 54.0 Å². The van der Waals surface area contributed by atoms with Gasteiger partial charge >= 0.3 is 0 Å². The highest BCUT2D eigenvalue weighted by Crippen LogP contribution is 2.43. The first-order valence-electron chi connectivity index (χ1n) is 11.3. The Balaban J connectivity index is 1.33. The fourth-order valence-corrected chi connectivity index (χ4v) is 5.84. The number of nitrogens with zero attached hydrogens (tertiary/aromatic N) is 5. The summed E-state index contributed by atoms with van der Waals surface area (Å²) >= 11 is 5.09. The van der Waals surface area contributed by atoms with E-state index < -0.39 is 18.6 Å². The summed E-state index contributed by atoms with van der Waals surface area (Å²) in [6.07, 6.45) is 2.62. The molecular weight excluding hydrogens is 540 g/mol. The van der Waals surface area contributed by atoms with Crippen LogP contribution in [0.2, 0.25) is 0 Å². The average molecular weight is 565 g/mol. The lowest BCUT2D eigenvalue weighted by atomic mass is 9.93. The largest absolute Gasteiger partial charge is 0.454 e. The Morgan fingerprint density at radius 2 is 2.00 bits per heavy atom. The fourth-order valence-electron chi connectivity index (χ4n) is 4.33. The number of ether oxygens (including phenoxy) is 2. The second kappa shape index (κ2) is 10.2. The number of aryl methyl sites for hydroxylation is 1. The minimum Gasteiger partial charge on any atom is -0.454 e. The number of imidazole rings is 1. The number of anilines is 1. The molecule has 0 bridgehead atoms. The van der Waals surface area contributed by atoms with Crippen LogP contribution in [-0.4, -0.2) is 73.1 Å². The Morgan fingerprint density at radius 1 is 1.26 bits per heavy atom. The number of halogens is 1. The number of piperidine rings is 1. The monoisotopic (exact) mass is 564 g/mol. The van der Waals surface area contributed by atoms with Crippen LogP contribution in [0, 0.1) is 5.92 Å². The van der Waals surface area contributed by atoms with Gasteiger partial charge in [0.1, 0.15) is 6.33 Å². The molecule has 1 unspecified atom stereocenters. The van der Waals surface area contributed by atoms with Gasteiger partial charge in [0.25, 0.3) is 5.91 Å². The third-order valence-electron chi connectivity index (χ3n) is 6.30. The van der Waals surface area contributed by atoms with Gasteiger partial charge in [-0.25, -0.2) is 15.0 Å². The van der Waals surface area contributed by atoms with Gasteiger partial charge in [-0.3, -0.25) is 4.79 Å². The summed E-state index contributed by atoms with van der Waals surface area (Å²) in [6, 6.07) is 3.80. The van der Waals surface area contributed by atoms with Crippen molar-refractivity contribution >= 4 is 50.6 Å². The number of carbonyl (C=O) groups is 1. The standard InChI is InChI=1S/C22H25BrN6O5S/c23-13-7-15-16(34-11-33-15)8-17(13)35-22-27-18-19(24)25-10-26-20(18)29(22)6-3-12-1-4-28(5-2-12)21(32)14(31)9-30/h7-8,10,12,14,30-31H,1-6,9,11H2,(H2,24,25,26). The molecule has 1 aromatic carbocycles. The van der Waals surface area contributed by atoms with Gasteiger partial charge in [-0.2, -0.15) is 0 Å². The first-order valence-corrected chi connectivity index (χ1v) is 12.9. The molecule has 11 nitrogen and oxygen atoms in total. The van der Waals surface area contributed by atoms with Gasteiger partial charge in [0, 0.05) is 29.0 Å². The van der Waals surface area contributed by atoms with Crippen molar-refractivity contribution in [3.05, 3.63) is 22.9 Å². The predicted octanol–water partition coefficient (Wildman–Crippen LogP) is 2.03. The Labute approximate surface area is 213 Å². The molecule has 3 aromatic rings. The van der Waals surface area contributed by atoms with E-state index in [-0.39, 0.29) is 6.79 Å². The summed E-state index contributed by atoms with van der Waals surface area (Å²) in [5.74, 6) is 1.70. The quantitative estimate of drug-likeness (QED) is 0.389. The van der Waals surface area contributed by atoms with Crippen molar-refractivity contribution in [3.63, 3.8) is 0 Å². The second-order valence-electron chi connectivity index (χ2n) is 8.47. The van der Waals surface area contributed by atoms with Gasteiger partial charge in [0.2, 0.25) is 6.79 Å². The SMILES string of the molecule is Nc1ncnc2c1nc(Sc1cc3c(cc1Br)OCO3)n2CCC1CCN(C(=O)C(O)CO)CC1. The predicted molar refractivity (Wildman–Crippen MR) is 131 cm³/mol. The fraction of sp³-hybridized carbons (Fsp3) is 0.455. The van der Waals surface area contributed by atoms with E-state index in [1.807, 2.05) is 12.1 Å². The number of nitrogens with two attached hydrogens (primary N) is 1. The Bertz CT molecular complexity index is 1250. The van der Waals surface area contributed by atoms with Gasteiger partial charge in [-0.15, -0.1) is 0 Å². The lowest BCUT2D eigenvalue weighted by Crippen LogP contribution is -2.45. The zero-order chi connectivity index (χ0) is 24.5. The number of likely N-dealkylation sites (tertiary alicyclic amines) is 1. The first-order chi connectivity index (χ1) is 16.9. The molecule has 0 aliphatic carbocycles. The summed E-state index contributed by atoms with van der Waals surface area (Å²) < 4.78 is 13.9. The molecule has 0 radical (unpaired) electrons. The van der Waals surface area contributed by atoms with Gasteiger partial charge in [-0.05, 0) is 53.2 Å². The van der Waals surface area contributed by atoms with Crippen molar-refractivity contribution < 1.29 is 24.5 Å². The number of benzene rings is 1. The maximum atomic E-state index is 12.1. The van der Waals surface area contributed by atoms with Crippen molar-refractivity contribution in [1.82, 2.24) is 24.4 Å². The number of nitrogen functional groups attached to an aromatic ring is 1. The van der Waals surface area contributed by atoms with E-state index in [4.69, 9.17) is 25.3 Å². The molecule has 2 aliphatic rings. The van der Waals surface area contributed by atoms with Crippen LogP contribution in [0.25, 0.3) is 11.2 Å². The number of amides is 1. The van der Waals surface area contributed by atoms with Crippen LogP contribution in [0.15, 0.2) is 33.0 Å². The van der Waals surface area contributed by atoms with Crippen LogP contribution < -0.4 is 15.2 Å². The molecule has 2 aromatic heterocycles. The van der Waals surface area contributed by atoms with E-state index in [9.17, 15) is 9.90 Å². The smallest absolute Gasteiger partial charge is 0.253 e. The third kappa shape index (κ3) is 4.90. The summed E-state index contributed by atoms with van der Waals surface area (Å²) in [6.45, 7) is 1.44. The molecule has 0 spiro atoms. The molecule has 4 heterocycles. The maximum absolute atomic E-state index is 12.1. The van der Waals surface area contributed by atoms with Crippen molar-refractivity contribution in [2.75, 3.05) is 32.2 Å². The average Bonchev–Trinajstić information content (AvgIpc) is 3.47. The molecule has 0 saturated carbocycles. The normalized spacial score (nSPS) is 16.7. The number of hydrogen-bond acceptors (Lipinski definition) is 10. The van der Waals surface area contributed by atoms with Gasteiger partial charge in [-0.1, -0.05) is 11.8 Å². The molecule has 4 N–H and O–H groups in total. The third-order valence-corrected chi connectivity index (χ3v) is 8.27. The van der Waals surface area contributed by atoms with Crippen LogP contribution in [0.3, 0.4) is 0 Å². The molecule has 186 valence electrons. The Morgan fingerprint density at radius 3 is 2.74 bits per heavy atom. The number of aliphatic hydroxyl groups excluding tert-OH is 2. The topological polar surface area (TPSA) is 149 Å². The van der Waals surface area contributed by atoms with Gasteiger partial charge in [0.05, 0.1) is 6.61 Å². The molecule has 2 aliphatic heterocycles. The second-order valence-corrected chi connectivity index (χ2v) is 10.3. The van der Waals surface area contributed by atoms with Crippen LogP contribution in [-0.2, 0) is 11.3 Å². The van der Waals surface area contributed by atoms with Gasteiger partial charge < -0.3 is 34.9 Å². The van der Waals surface area contributed by atoms with Gasteiger partial charge in [0.15, 0.2) is 39.7 Å². The minimum atomic E-state index is -1.34. The van der Waals surface area contributed by atoms with Crippen LogP contribution >= 0.6 is 27.7 Å². The highest BCUT2D eigenvalue weighted by molar-refractivity contribution is 9.10. The number of fused-ring (bicyclic) bond motifs is 2. The summed E-state index contributed by atoms with van der Waals surface area (Å²) in [4.78, 5) is 28.0. The lowest BCUT2D eigenvalue weighted by Gasteiger charge is -2.33. The van der Waals surface area contributed by atoms with Crippen molar-refractivity contribution in [1.29, 1.82) is 0 Å². The number of aliphatic hydroxyl groups is 2. The number of hydrogen-bond donors (Lipinski definition) is 3. The minimum absolute atomic E-state index is 0.198. The highest BCUT2D eigenvalue weighted by Gasteiger charge is 2.27. The molecule has 5 rings (SSSR count).